The molecule has 1 aromatic rings. The fraction of sp³-hybridized carbons (Fsp3) is 0.560. The van der Waals surface area contributed by atoms with Gasteiger partial charge < -0.3 is 14.9 Å². The number of ether oxygens (including phenoxy) is 1. The van der Waals surface area contributed by atoms with Gasteiger partial charge in [0.15, 0.2) is 5.78 Å². The molecular formula is C25H32O6. The Morgan fingerprint density at radius 3 is 2.10 bits per heavy atom. The van der Waals surface area contributed by atoms with Crippen LogP contribution in [0.15, 0.2) is 29.5 Å². The molecule has 6 heteroatoms. The highest BCUT2D eigenvalue weighted by atomic mass is 16.5. The molecule has 2 N–H and O–H groups in total. The van der Waals surface area contributed by atoms with Gasteiger partial charge in [-0.1, -0.05) is 33.8 Å². The average molecular weight is 429 g/mol. The van der Waals surface area contributed by atoms with Gasteiger partial charge in [0.25, 0.3) is 0 Å². The second-order valence-electron chi connectivity index (χ2n) is 10.4. The summed E-state index contributed by atoms with van der Waals surface area (Å²) in [7, 11) is 1.49. The van der Waals surface area contributed by atoms with Crippen LogP contribution in [0.2, 0.25) is 0 Å². The van der Waals surface area contributed by atoms with Crippen molar-refractivity contribution >= 4 is 17.3 Å². The maximum absolute atomic E-state index is 13.2. The topological polar surface area (TPSA) is 101 Å². The molecule has 0 amide bonds. The van der Waals surface area contributed by atoms with E-state index in [0.29, 0.717) is 23.3 Å². The summed E-state index contributed by atoms with van der Waals surface area (Å²) in [6.07, 6.45) is 0.994. The Hall–Kier alpha value is -2.47. The van der Waals surface area contributed by atoms with E-state index in [9.17, 15) is 24.6 Å². The number of ketones is 3. The Kier molecular flexibility index (Phi) is 6.16. The van der Waals surface area contributed by atoms with Crippen LogP contribution < -0.4 is 4.74 Å². The van der Waals surface area contributed by atoms with E-state index in [4.69, 9.17) is 4.74 Å². The number of hydrogen-bond acceptors (Lipinski definition) is 6. The van der Waals surface area contributed by atoms with Crippen LogP contribution in [0.25, 0.3) is 0 Å². The number of carbonyl (C=O) groups is 3. The molecule has 3 rings (SSSR count). The van der Waals surface area contributed by atoms with Crippen LogP contribution in [0, 0.1) is 16.7 Å². The number of methoxy groups -OCH3 is 1. The van der Waals surface area contributed by atoms with Crippen molar-refractivity contribution in [1.82, 2.24) is 0 Å². The van der Waals surface area contributed by atoms with Crippen LogP contribution in [0.5, 0.6) is 5.75 Å². The molecule has 0 bridgehead atoms. The molecular weight excluding hydrogens is 396 g/mol. The van der Waals surface area contributed by atoms with E-state index in [1.807, 2.05) is 27.7 Å². The van der Waals surface area contributed by atoms with Crippen molar-refractivity contribution in [2.45, 2.75) is 65.9 Å². The lowest BCUT2D eigenvalue weighted by atomic mass is 9.62. The second kappa shape index (κ2) is 8.23. The van der Waals surface area contributed by atoms with Gasteiger partial charge in [0, 0.05) is 42.7 Å². The normalized spacial score (nSPS) is 22.6. The molecule has 1 fully saturated rings. The largest absolute Gasteiger partial charge is 0.512 e. The molecule has 1 aromatic carbocycles. The molecule has 6 nitrogen and oxygen atoms in total. The van der Waals surface area contributed by atoms with Crippen LogP contribution in [-0.4, -0.2) is 34.7 Å². The van der Waals surface area contributed by atoms with Gasteiger partial charge in [0.2, 0.25) is 0 Å². The Morgan fingerprint density at radius 2 is 1.58 bits per heavy atom. The number of benzene rings is 1. The highest BCUT2D eigenvalue weighted by Gasteiger charge is 2.48. The van der Waals surface area contributed by atoms with Crippen molar-refractivity contribution in [1.29, 1.82) is 0 Å². The zero-order chi connectivity index (χ0) is 23.1. The van der Waals surface area contributed by atoms with Crippen LogP contribution in [0.3, 0.4) is 0 Å². The number of rotatable bonds is 5. The second-order valence-corrected chi connectivity index (χ2v) is 10.4. The van der Waals surface area contributed by atoms with Gasteiger partial charge >= 0.3 is 0 Å². The predicted molar refractivity (Wildman–Crippen MR) is 116 cm³/mol. The predicted octanol–water partition coefficient (Wildman–Crippen LogP) is 4.05. The first-order valence-electron chi connectivity index (χ1n) is 10.7. The first-order chi connectivity index (χ1) is 14.4. The SMILES string of the molecule is COc1ccc(C(C2=C(O)CC(C)(C)CC2=O)C2C(=O)CC(C)(C)CC2=O)cc1CO. The lowest BCUT2D eigenvalue weighted by molar-refractivity contribution is -0.140. The molecule has 168 valence electrons. The summed E-state index contributed by atoms with van der Waals surface area (Å²) in [4.78, 5) is 39.6. The number of allylic oxidation sites excluding steroid dienone is 2. The molecule has 0 radical (unpaired) electrons. The summed E-state index contributed by atoms with van der Waals surface area (Å²) in [5, 5.41) is 20.7. The fourth-order valence-electron chi connectivity index (χ4n) is 5.07. The number of hydrogen-bond donors (Lipinski definition) is 2. The van der Waals surface area contributed by atoms with E-state index in [1.54, 1.807) is 18.2 Å². The molecule has 1 unspecified atom stereocenters. The van der Waals surface area contributed by atoms with E-state index in [0.717, 1.165) is 0 Å². The molecule has 0 aliphatic heterocycles. The summed E-state index contributed by atoms with van der Waals surface area (Å²) in [5.74, 6) is -2.17. The van der Waals surface area contributed by atoms with E-state index in [-0.39, 0.29) is 54.6 Å². The zero-order valence-corrected chi connectivity index (χ0v) is 18.9. The van der Waals surface area contributed by atoms with Gasteiger partial charge in [-0.25, -0.2) is 0 Å². The lowest BCUT2D eigenvalue weighted by Gasteiger charge is -2.39. The van der Waals surface area contributed by atoms with Gasteiger partial charge in [-0.3, -0.25) is 14.4 Å². The van der Waals surface area contributed by atoms with E-state index in [2.05, 4.69) is 0 Å². The minimum atomic E-state index is -1.03. The monoisotopic (exact) mass is 428 g/mol. The number of Topliss-reactive ketones (excluding diaryl/α,β-unsaturated/α-hetero) is 3. The molecule has 0 spiro atoms. The summed E-state index contributed by atoms with van der Waals surface area (Å²) in [6, 6.07) is 5.03. The zero-order valence-electron chi connectivity index (χ0n) is 18.9. The lowest BCUT2D eigenvalue weighted by Crippen LogP contribution is -2.43. The summed E-state index contributed by atoms with van der Waals surface area (Å²) in [6.45, 7) is 7.29. The third-order valence-corrected chi connectivity index (χ3v) is 6.37. The van der Waals surface area contributed by atoms with Crippen molar-refractivity contribution in [3.8, 4) is 5.75 Å². The van der Waals surface area contributed by atoms with Gasteiger partial charge in [0.05, 0.1) is 19.6 Å². The number of aliphatic hydroxyl groups excluding tert-OH is 2. The highest BCUT2D eigenvalue weighted by molar-refractivity contribution is 6.09. The smallest absolute Gasteiger partial charge is 0.163 e. The first-order valence-corrected chi connectivity index (χ1v) is 10.7. The third kappa shape index (κ3) is 4.59. The Labute approximate surface area is 183 Å². The van der Waals surface area contributed by atoms with Crippen molar-refractivity contribution in [3.63, 3.8) is 0 Å². The summed E-state index contributed by atoms with van der Waals surface area (Å²) >= 11 is 0. The highest BCUT2D eigenvalue weighted by Crippen LogP contribution is 2.47. The molecule has 1 saturated carbocycles. The number of carbonyl (C=O) groups excluding carboxylic acids is 3. The van der Waals surface area contributed by atoms with Crippen LogP contribution in [0.4, 0.5) is 0 Å². The molecule has 2 aliphatic rings. The van der Waals surface area contributed by atoms with Crippen LogP contribution in [0.1, 0.15) is 70.4 Å². The first kappa shape index (κ1) is 23.2. The Bertz CT molecular complexity index is 933. The van der Waals surface area contributed by atoms with E-state index < -0.39 is 22.7 Å². The molecule has 1 atom stereocenters. The Morgan fingerprint density at radius 1 is 1.00 bits per heavy atom. The van der Waals surface area contributed by atoms with E-state index in [1.165, 1.54) is 7.11 Å². The Balaban J connectivity index is 2.20. The van der Waals surface area contributed by atoms with Crippen LogP contribution >= 0.6 is 0 Å². The summed E-state index contributed by atoms with van der Waals surface area (Å²) < 4.78 is 5.28. The molecule has 0 aromatic heterocycles. The van der Waals surface area contributed by atoms with Crippen molar-refractivity contribution in [3.05, 3.63) is 40.7 Å². The van der Waals surface area contributed by atoms with Gasteiger partial charge in [-0.15, -0.1) is 0 Å². The maximum Gasteiger partial charge on any atom is 0.163 e. The van der Waals surface area contributed by atoms with Gasteiger partial charge in [0.1, 0.15) is 23.1 Å². The van der Waals surface area contributed by atoms with Crippen molar-refractivity contribution < 1.29 is 29.3 Å². The molecule has 0 saturated heterocycles. The fourth-order valence-corrected chi connectivity index (χ4v) is 5.07. The van der Waals surface area contributed by atoms with Crippen LogP contribution in [-0.2, 0) is 21.0 Å². The molecule has 31 heavy (non-hydrogen) atoms. The number of aliphatic hydroxyl groups is 2. The van der Waals surface area contributed by atoms with Gasteiger partial charge in [-0.05, 0) is 28.5 Å². The van der Waals surface area contributed by atoms with E-state index >= 15 is 0 Å². The minimum absolute atomic E-state index is 0.0574. The van der Waals surface area contributed by atoms with Crippen molar-refractivity contribution in [2.75, 3.05) is 7.11 Å². The quantitative estimate of drug-likeness (QED) is 0.686. The van der Waals surface area contributed by atoms with Crippen molar-refractivity contribution in [2.24, 2.45) is 16.7 Å². The molecule has 0 heterocycles. The standard InChI is InChI=1S/C25H32O6/c1-24(2)9-16(27)22(17(28)10-24)21(14-6-7-20(31-5)15(8-14)13-26)23-18(29)11-25(3,4)12-19(23)30/h6-8,21-22,26,29H,9-13H2,1-5H3. The third-order valence-electron chi connectivity index (χ3n) is 6.37. The summed E-state index contributed by atoms with van der Waals surface area (Å²) in [5.41, 5.74) is 0.365. The maximum atomic E-state index is 13.2. The minimum Gasteiger partial charge on any atom is -0.512 e. The van der Waals surface area contributed by atoms with Gasteiger partial charge in [-0.2, -0.15) is 0 Å². The molecule has 2 aliphatic carbocycles. The average Bonchev–Trinajstić information content (AvgIpc) is 2.63.